The number of carbonyl (C=O) groups is 1. The number of aliphatic hydroxyl groups excluding tert-OH is 1. The zero-order chi connectivity index (χ0) is 52.4. The molecule has 392 valence electrons. The van der Waals surface area contributed by atoms with Gasteiger partial charge in [0, 0.05) is 89.8 Å². The molecule has 2 N–H and O–H groups in total. The Morgan fingerprint density at radius 3 is 2.14 bits per heavy atom. The zero-order valence-electron chi connectivity index (χ0n) is 41.3. The van der Waals surface area contributed by atoms with Crippen LogP contribution in [0.5, 0.6) is 0 Å². The molecule has 0 aliphatic carbocycles. The highest BCUT2D eigenvalue weighted by Crippen LogP contribution is 2.56. The third-order valence-corrected chi connectivity index (χ3v) is 20.1. The van der Waals surface area contributed by atoms with Crippen LogP contribution >= 0.6 is 30.9 Å². The van der Waals surface area contributed by atoms with E-state index >= 15 is 0 Å². The third-order valence-electron chi connectivity index (χ3n) is 14.5. The summed E-state index contributed by atoms with van der Waals surface area (Å²) in [4.78, 5) is 19.6. The van der Waals surface area contributed by atoms with E-state index in [0.717, 1.165) is 39.2 Å². The summed E-state index contributed by atoms with van der Waals surface area (Å²) in [5, 5.41) is 21.0. The number of rotatable bonds is 17. The maximum Gasteiger partial charge on any atom is 0.501 e. The molecule has 2 atom stereocenters. The molecule has 19 heteroatoms. The van der Waals surface area contributed by atoms with E-state index in [4.69, 9.17) is 16.1 Å². The molecule has 1 aromatic heterocycles. The van der Waals surface area contributed by atoms with Crippen molar-refractivity contribution >= 4 is 69.1 Å². The van der Waals surface area contributed by atoms with Gasteiger partial charge in [-0.25, -0.2) is 13.2 Å². The van der Waals surface area contributed by atoms with Crippen LogP contribution in [0.25, 0.3) is 22.4 Å². The third kappa shape index (κ3) is 11.3. The van der Waals surface area contributed by atoms with Crippen molar-refractivity contribution in [2.24, 2.45) is 5.92 Å². The molecule has 74 heavy (non-hydrogen) atoms. The summed E-state index contributed by atoms with van der Waals surface area (Å²) in [5.74, 6) is -0.678. The number of piperidine rings is 1. The van der Waals surface area contributed by atoms with Crippen LogP contribution in [0, 0.1) is 12.8 Å². The number of likely N-dealkylation sites (tertiary alicyclic amines) is 1. The molecular weight excluding hydrogens is 1030 g/mol. The zero-order valence-corrected chi connectivity index (χ0v) is 44.5. The number of carboxylic acid groups (broad SMARTS) is 1. The molecule has 6 aromatic rings. The van der Waals surface area contributed by atoms with Gasteiger partial charge in [-0.15, -0.1) is 11.8 Å². The predicted octanol–water partition coefficient (Wildman–Crippen LogP) is 11.3. The van der Waals surface area contributed by atoms with E-state index in [-0.39, 0.29) is 48.0 Å². The highest BCUT2D eigenvalue weighted by molar-refractivity contribution is 7.99. The summed E-state index contributed by atoms with van der Waals surface area (Å²) < 4.78 is 94.9. The molecule has 0 bridgehead atoms. The van der Waals surface area contributed by atoms with E-state index in [9.17, 15) is 41.2 Å². The number of thioether (sulfide) groups is 1. The van der Waals surface area contributed by atoms with E-state index in [1.165, 1.54) is 16.8 Å². The van der Waals surface area contributed by atoms with Gasteiger partial charge in [-0.2, -0.15) is 13.2 Å². The fourth-order valence-electron chi connectivity index (χ4n) is 10.5. The van der Waals surface area contributed by atoms with Crippen molar-refractivity contribution < 1.29 is 45.7 Å². The summed E-state index contributed by atoms with van der Waals surface area (Å²) in [6, 6.07) is 36.2. The van der Waals surface area contributed by atoms with Gasteiger partial charge in [0.15, 0.2) is 0 Å². The molecule has 3 aliphatic heterocycles. The van der Waals surface area contributed by atoms with Gasteiger partial charge in [0.1, 0.15) is 0 Å². The maximum absolute atomic E-state index is 15.0. The maximum atomic E-state index is 15.0. The second kappa shape index (κ2) is 22.5. The molecular formula is C55H60ClF3N5O7PS2. The van der Waals surface area contributed by atoms with Crippen LogP contribution in [0.1, 0.15) is 47.8 Å². The second-order valence-electron chi connectivity index (χ2n) is 19.1. The van der Waals surface area contributed by atoms with Crippen LogP contribution in [0.3, 0.4) is 0 Å². The summed E-state index contributed by atoms with van der Waals surface area (Å²) in [7, 11) is -9.96. The lowest BCUT2D eigenvalue weighted by atomic mass is 9.96. The van der Waals surface area contributed by atoms with E-state index in [1.54, 1.807) is 36.0 Å². The fraction of sp³-hybridized carbons (Fsp3) is 0.364. The molecule has 0 unspecified atom stereocenters. The lowest BCUT2D eigenvalue weighted by Crippen LogP contribution is -2.46. The highest BCUT2D eigenvalue weighted by Gasteiger charge is 2.49. The molecule has 0 radical (unpaired) electrons. The summed E-state index contributed by atoms with van der Waals surface area (Å²) in [6.45, 7) is 9.30. The van der Waals surface area contributed by atoms with Crippen molar-refractivity contribution in [3.63, 3.8) is 0 Å². The summed E-state index contributed by atoms with van der Waals surface area (Å²) in [6.07, 6.45) is 1.57. The Morgan fingerprint density at radius 1 is 0.824 bits per heavy atom. The fourth-order valence-corrected chi connectivity index (χ4v) is 15.0. The molecule has 9 rings (SSSR count). The van der Waals surface area contributed by atoms with Crippen molar-refractivity contribution in [2.75, 3.05) is 79.2 Å². The Morgan fingerprint density at radius 2 is 1.49 bits per heavy atom. The van der Waals surface area contributed by atoms with Gasteiger partial charge in [-0.05, 0) is 141 Å². The van der Waals surface area contributed by atoms with Crippen LogP contribution in [-0.4, -0.2) is 110 Å². The average molecular weight is 1090 g/mol. The number of aliphatic hydroxyl groups is 1. The van der Waals surface area contributed by atoms with Gasteiger partial charge in [0.2, 0.25) is 0 Å². The quantitative estimate of drug-likeness (QED) is 0.0665. The van der Waals surface area contributed by atoms with Crippen LogP contribution in [-0.2, 0) is 31.9 Å². The second-order valence-corrected chi connectivity index (χ2v) is 24.8. The van der Waals surface area contributed by atoms with Crippen LogP contribution in [0.4, 0.5) is 30.2 Å². The van der Waals surface area contributed by atoms with Gasteiger partial charge in [0.25, 0.3) is 9.84 Å². The first-order valence-electron chi connectivity index (χ1n) is 24.9. The molecule has 12 nitrogen and oxygen atoms in total. The number of hydrogen-bond acceptors (Lipinski definition) is 10. The minimum absolute atomic E-state index is 0.00526. The number of benzene rings is 5. The standard InChI is InChI=1S/C55H60ClF3N5O7PS2/c1-3-63-38(2)51(54(66)67)52(53(63)40-12-15-43(56)16-13-40)42-8-7-9-46(35-42)62-30-28-61(29-31-62)44-17-19-45(20-18-44)64-32-33-71-72(64,68)48-21-14-41(50(36-48)74(69,70)55(57,58)59)34-39(37-73-49-10-5-4-6-11-49)22-25-60-26-23-47(65)24-27-60/h4-21,35-36,39,47,65H,3,22-34,37H2,1-2H3,(H,66,67)/t39-,72-/m0/s1. The molecule has 0 amide bonds. The normalized spacial score (nSPS) is 18.6. The molecule has 3 fully saturated rings. The van der Waals surface area contributed by atoms with Gasteiger partial charge < -0.3 is 34.0 Å². The minimum Gasteiger partial charge on any atom is -0.478 e. The van der Waals surface area contributed by atoms with E-state index < -0.39 is 33.7 Å². The molecule has 3 saturated heterocycles. The highest BCUT2D eigenvalue weighted by atomic mass is 35.5. The van der Waals surface area contributed by atoms with E-state index in [1.807, 2.05) is 97.3 Å². The van der Waals surface area contributed by atoms with Crippen molar-refractivity contribution in [3.05, 3.63) is 143 Å². The van der Waals surface area contributed by atoms with Gasteiger partial charge in [-0.3, -0.25) is 9.24 Å². The van der Waals surface area contributed by atoms with Gasteiger partial charge >= 0.3 is 19.0 Å². The summed E-state index contributed by atoms with van der Waals surface area (Å²) in [5.41, 5.74) is 0.832. The first-order valence-corrected chi connectivity index (χ1v) is 29.4. The number of sulfone groups is 1. The number of alkyl halides is 3. The Kier molecular flexibility index (Phi) is 16.3. The Balaban J connectivity index is 0.919. The topological polar surface area (TPSA) is 136 Å². The molecule has 0 saturated carbocycles. The lowest BCUT2D eigenvalue weighted by molar-refractivity contribution is -0.0436. The number of piperazine rings is 1. The molecule has 3 aliphatic rings. The van der Waals surface area contributed by atoms with Crippen molar-refractivity contribution in [1.82, 2.24) is 9.47 Å². The SMILES string of the molecule is CCn1c(C)c(C(=O)O)c(-c2cccc(N3CCN(c4ccc(N5CCO[P@@]5(=O)c5ccc(C[C@H](CCN6CCC(O)CC6)CSc6ccccc6)c(S(=O)(=O)C(F)(F)F)c5)cc4)CC3)c2)c1-c1ccc(Cl)cc1. The first-order chi connectivity index (χ1) is 35.4. The Bertz CT molecular complexity index is 3110. The monoisotopic (exact) mass is 1090 g/mol. The van der Waals surface area contributed by atoms with Crippen molar-refractivity contribution in [2.45, 2.75) is 67.5 Å². The van der Waals surface area contributed by atoms with Gasteiger partial charge in [0.05, 0.1) is 40.7 Å². The number of anilines is 3. The Labute approximate surface area is 440 Å². The smallest absolute Gasteiger partial charge is 0.478 e. The van der Waals surface area contributed by atoms with Crippen LogP contribution in [0.15, 0.2) is 131 Å². The Hall–Kier alpha value is -5.26. The number of carboxylic acids is 1. The summed E-state index contributed by atoms with van der Waals surface area (Å²) >= 11 is 7.81. The predicted molar refractivity (Wildman–Crippen MR) is 289 cm³/mol. The van der Waals surface area contributed by atoms with Crippen LogP contribution in [0.2, 0.25) is 5.02 Å². The number of hydrogen-bond donors (Lipinski definition) is 2. The lowest BCUT2D eigenvalue weighted by Gasteiger charge is -2.37. The van der Waals surface area contributed by atoms with Gasteiger partial charge in [-0.1, -0.05) is 60.1 Å². The van der Waals surface area contributed by atoms with E-state index in [2.05, 4.69) is 14.7 Å². The first kappa shape index (κ1) is 53.6. The molecule has 4 heterocycles. The number of halogens is 4. The largest absolute Gasteiger partial charge is 0.501 e. The molecule has 5 aromatic carbocycles. The van der Waals surface area contributed by atoms with E-state index in [0.29, 0.717) is 99.3 Å². The average Bonchev–Trinajstić information content (AvgIpc) is 3.95. The molecule has 0 spiro atoms. The minimum atomic E-state index is -5.87. The van der Waals surface area contributed by atoms with Crippen LogP contribution < -0.4 is 19.8 Å². The van der Waals surface area contributed by atoms with Crippen molar-refractivity contribution in [3.8, 4) is 22.4 Å². The van der Waals surface area contributed by atoms with Crippen molar-refractivity contribution in [1.29, 1.82) is 0 Å². The number of aromatic nitrogens is 1. The number of nitrogens with zero attached hydrogens (tertiary/aromatic N) is 5. The number of aromatic carboxylic acids is 1.